The van der Waals surface area contributed by atoms with Crippen LogP contribution < -0.4 is 11.1 Å². The molecule has 0 spiro atoms. The summed E-state index contributed by atoms with van der Waals surface area (Å²) in [5.41, 5.74) is 7.91. The Labute approximate surface area is 129 Å². The van der Waals surface area contributed by atoms with E-state index in [1.807, 2.05) is 6.92 Å². The van der Waals surface area contributed by atoms with Gasteiger partial charge in [-0.1, -0.05) is 17.7 Å². The molecule has 0 unspecified atom stereocenters. The third kappa shape index (κ3) is 3.11. The lowest BCUT2D eigenvalue weighted by molar-refractivity contribution is 0.102. The van der Waals surface area contributed by atoms with Crippen LogP contribution in [0.2, 0.25) is 5.02 Å². The molecule has 0 fully saturated rings. The Balaban J connectivity index is 2.30. The number of carbonyl (C=O) groups is 1. The number of anilines is 2. The smallest absolute Gasteiger partial charge is 0.255 e. The van der Waals surface area contributed by atoms with Crippen molar-refractivity contribution in [3.63, 3.8) is 0 Å². The third-order valence-electron chi connectivity index (χ3n) is 2.79. The number of nitrogen functional groups attached to an aromatic ring is 1. The van der Waals surface area contributed by atoms with Gasteiger partial charge in [-0.2, -0.15) is 0 Å². The van der Waals surface area contributed by atoms with Crippen LogP contribution in [-0.2, 0) is 0 Å². The van der Waals surface area contributed by atoms with Gasteiger partial charge in [0.25, 0.3) is 5.91 Å². The summed E-state index contributed by atoms with van der Waals surface area (Å²) in [5, 5.41) is 2.74. The lowest BCUT2D eigenvalue weighted by atomic mass is 10.1. The van der Waals surface area contributed by atoms with Gasteiger partial charge < -0.3 is 11.1 Å². The van der Waals surface area contributed by atoms with Crippen LogP contribution in [-0.4, -0.2) is 5.91 Å². The predicted molar refractivity (Wildman–Crippen MR) is 82.7 cm³/mol. The maximum absolute atomic E-state index is 13.1. The molecule has 104 valence electrons. The number of benzene rings is 2. The molecule has 6 heteroatoms. The van der Waals surface area contributed by atoms with Crippen molar-refractivity contribution < 1.29 is 9.18 Å². The molecular weight excluding hydrogens is 347 g/mol. The summed E-state index contributed by atoms with van der Waals surface area (Å²) in [7, 11) is 0. The highest BCUT2D eigenvalue weighted by Crippen LogP contribution is 2.32. The van der Waals surface area contributed by atoms with E-state index in [1.165, 1.54) is 6.07 Å². The second-order valence-electron chi connectivity index (χ2n) is 4.27. The van der Waals surface area contributed by atoms with Gasteiger partial charge in [0, 0.05) is 15.7 Å². The van der Waals surface area contributed by atoms with E-state index in [4.69, 9.17) is 17.3 Å². The zero-order chi connectivity index (χ0) is 14.9. The Morgan fingerprint density at radius 2 is 2.05 bits per heavy atom. The van der Waals surface area contributed by atoms with Crippen LogP contribution in [0.25, 0.3) is 0 Å². The van der Waals surface area contributed by atoms with E-state index in [-0.39, 0.29) is 10.9 Å². The van der Waals surface area contributed by atoms with Crippen molar-refractivity contribution in [1.29, 1.82) is 0 Å². The standard InChI is InChI=1S/C14H11BrClFN2O/c1-7-2-3-8(4-12(7)18)14(20)19-13-10(15)5-9(17)6-11(13)16/h2-6H,18H2,1H3,(H,19,20). The molecule has 2 aromatic carbocycles. The molecule has 0 bridgehead atoms. The van der Waals surface area contributed by atoms with Crippen molar-refractivity contribution in [2.45, 2.75) is 6.92 Å². The zero-order valence-corrected chi connectivity index (χ0v) is 12.8. The first-order chi connectivity index (χ1) is 9.38. The van der Waals surface area contributed by atoms with E-state index in [0.717, 1.165) is 11.6 Å². The predicted octanol–water partition coefficient (Wildman–Crippen LogP) is 4.38. The van der Waals surface area contributed by atoms with Crippen LogP contribution in [0, 0.1) is 12.7 Å². The van der Waals surface area contributed by atoms with Crippen LogP contribution in [0.1, 0.15) is 15.9 Å². The van der Waals surface area contributed by atoms with Crippen LogP contribution in [0.4, 0.5) is 15.8 Å². The van der Waals surface area contributed by atoms with Gasteiger partial charge >= 0.3 is 0 Å². The normalized spacial score (nSPS) is 10.4. The highest BCUT2D eigenvalue weighted by molar-refractivity contribution is 9.10. The number of halogens is 3. The molecule has 3 N–H and O–H groups in total. The SMILES string of the molecule is Cc1ccc(C(=O)Nc2c(Cl)cc(F)cc2Br)cc1N. The Kier molecular flexibility index (Phi) is 4.30. The summed E-state index contributed by atoms with van der Waals surface area (Å²) < 4.78 is 13.5. The van der Waals surface area contributed by atoms with Crippen LogP contribution in [0.15, 0.2) is 34.8 Å². The topological polar surface area (TPSA) is 55.1 Å². The maximum Gasteiger partial charge on any atom is 0.255 e. The third-order valence-corrected chi connectivity index (χ3v) is 3.71. The molecule has 2 aromatic rings. The fraction of sp³-hybridized carbons (Fsp3) is 0.0714. The Morgan fingerprint density at radius 1 is 1.35 bits per heavy atom. The number of nitrogens with one attached hydrogen (secondary N) is 1. The van der Waals surface area contributed by atoms with Crippen LogP contribution in [0.5, 0.6) is 0 Å². The first-order valence-corrected chi connectivity index (χ1v) is 6.87. The summed E-state index contributed by atoms with van der Waals surface area (Å²) in [5.74, 6) is -0.856. The van der Waals surface area contributed by atoms with Crippen molar-refractivity contribution in [2.75, 3.05) is 11.1 Å². The largest absolute Gasteiger partial charge is 0.398 e. The van der Waals surface area contributed by atoms with E-state index in [1.54, 1.807) is 18.2 Å². The van der Waals surface area contributed by atoms with E-state index in [2.05, 4.69) is 21.2 Å². The van der Waals surface area contributed by atoms with Gasteiger partial charge in [0.1, 0.15) is 5.82 Å². The Morgan fingerprint density at radius 3 is 2.65 bits per heavy atom. The second-order valence-corrected chi connectivity index (χ2v) is 5.53. The van der Waals surface area contributed by atoms with Crippen LogP contribution >= 0.6 is 27.5 Å². The Bertz CT molecular complexity index is 668. The first kappa shape index (κ1) is 14.8. The van der Waals surface area contributed by atoms with Crippen molar-refractivity contribution in [2.24, 2.45) is 0 Å². The van der Waals surface area contributed by atoms with Gasteiger partial charge in [-0.05, 0) is 52.7 Å². The van der Waals surface area contributed by atoms with Crippen molar-refractivity contribution in [3.05, 3.63) is 56.8 Å². The summed E-state index contributed by atoms with van der Waals surface area (Å²) >= 11 is 9.07. The Hall–Kier alpha value is -1.59. The van der Waals surface area contributed by atoms with E-state index >= 15 is 0 Å². The van der Waals surface area contributed by atoms with Crippen LogP contribution in [0.3, 0.4) is 0 Å². The molecular formula is C14H11BrClFN2O. The minimum absolute atomic E-state index is 0.116. The summed E-state index contributed by atoms with van der Waals surface area (Å²) in [6, 6.07) is 7.35. The van der Waals surface area contributed by atoms with Gasteiger partial charge in [-0.3, -0.25) is 4.79 Å². The molecule has 0 aliphatic carbocycles. The monoisotopic (exact) mass is 356 g/mol. The van der Waals surface area contributed by atoms with E-state index in [9.17, 15) is 9.18 Å². The molecule has 1 amide bonds. The molecule has 0 aliphatic rings. The average molecular weight is 358 g/mol. The molecule has 0 saturated heterocycles. The molecule has 2 rings (SSSR count). The zero-order valence-electron chi connectivity index (χ0n) is 10.5. The van der Waals surface area contributed by atoms with Gasteiger partial charge in [-0.25, -0.2) is 4.39 Å². The quantitative estimate of drug-likeness (QED) is 0.783. The highest BCUT2D eigenvalue weighted by Gasteiger charge is 2.13. The van der Waals surface area contributed by atoms with Gasteiger partial charge in [0.2, 0.25) is 0 Å². The van der Waals surface area contributed by atoms with Gasteiger partial charge in [-0.15, -0.1) is 0 Å². The fourth-order valence-corrected chi connectivity index (χ4v) is 2.53. The molecule has 20 heavy (non-hydrogen) atoms. The molecule has 0 atom stereocenters. The number of carbonyl (C=O) groups excluding carboxylic acids is 1. The molecule has 0 aliphatic heterocycles. The lowest BCUT2D eigenvalue weighted by Gasteiger charge is -2.10. The molecule has 0 heterocycles. The number of hydrogen-bond donors (Lipinski definition) is 2. The van der Waals surface area contributed by atoms with Gasteiger partial charge in [0.05, 0.1) is 10.7 Å². The number of rotatable bonds is 2. The van der Waals surface area contributed by atoms with Crippen molar-refractivity contribution in [3.8, 4) is 0 Å². The van der Waals surface area contributed by atoms with Gasteiger partial charge in [0.15, 0.2) is 0 Å². The molecule has 0 aromatic heterocycles. The molecule has 3 nitrogen and oxygen atoms in total. The first-order valence-electron chi connectivity index (χ1n) is 5.70. The number of hydrogen-bond acceptors (Lipinski definition) is 2. The maximum atomic E-state index is 13.1. The van der Waals surface area contributed by atoms with Crippen molar-refractivity contribution in [1.82, 2.24) is 0 Å². The highest BCUT2D eigenvalue weighted by atomic mass is 79.9. The minimum atomic E-state index is -0.487. The van der Waals surface area contributed by atoms with E-state index < -0.39 is 5.82 Å². The van der Waals surface area contributed by atoms with E-state index in [0.29, 0.717) is 21.4 Å². The number of aryl methyl sites for hydroxylation is 1. The lowest BCUT2D eigenvalue weighted by Crippen LogP contribution is -2.13. The average Bonchev–Trinajstić information content (AvgIpc) is 2.36. The number of amides is 1. The summed E-state index contributed by atoms with van der Waals surface area (Å²) in [6.07, 6.45) is 0. The summed E-state index contributed by atoms with van der Waals surface area (Å²) in [4.78, 5) is 12.1. The van der Waals surface area contributed by atoms with Crippen molar-refractivity contribution >= 4 is 44.8 Å². The molecule has 0 radical (unpaired) electrons. The second kappa shape index (κ2) is 5.81. The number of nitrogens with two attached hydrogens (primary N) is 1. The minimum Gasteiger partial charge on any atom is -0.398 e. The fourth-order valence-electron chi connectivity index (χ4n) is 1.63. The summed E-state index contributed by atoms with van der Waals surface area (Å²) in [6.45, 7) is 1.85. The molecule has 0 saturated carbocycles.